The molecule has 0 spiro atoms. The molecule has 0 radical (unpaired) electrons. The summed E-state index contributed by atoms with van der Waals surface area (Å²) in [6, 6.07) is 4.96. The van der Waals surface area contributed by atoms with Gasteiger partial charge in [0.25, 0.3) is 0 Å². The first kappa shape index (κ1) is 14.6. The van der Waals surface area contributed by atoms with Crippen LogP contribution in [-0.4, -0.2) is 26.4 Å². The van der Waals surface area contributed by atoms with Crippen LogP contribution in [0.25, 0.3) is 0 Å². The van der Waals surface area contributed by atoms with E-state index < -0.39 is 12.7 Å². The van der Waals surface area contributed by atoms with Gasteiger partial charge < -0.3 is 15.4 Å². The standard InChI is InChI=1S/C12H17F3N2O/c1-3-17(8-12(13,14)15)11-6-10(18-2)5-4-9(11)7-16/h4-6H,3,7-8,16H2,1-2H3. The minimum atomic E-state index is -4.25. The Bertz CT molecular complexity index is 393. The first-order valence-electron chi connectivity index (χ1n) is 5.60. The van der Waals surface area contributed by atoms with Gasteiger partial charge in [0, 0.05) is 24.8 Å². The van der Waals surface area contributed by atoms with Crippen LogP contribution in [0.3, 0.4) is 0 Å². The third kappa shape index (κ3) is 3.80. The van der Waals surface area contributed by atoms with Crippen molar-refractivity contribution in [2.24, 2.45) is 5.73 Å². The van der Waals surface area contributed by atoms with Gasteiger partial charge in [-0.3, -0.25) is 0 Å². The summed E-state index contributed by atoms with van der Waals surface area (Å²) in [6.07, 6.45) is -4.25. The maximum absolute atomic E-state index is 12.5. The van der Waals surface area contributed by atoms with E-state index in [0.29, 0.717) is 17.0 Å². The lowest BCUT2D eigenvalue weighted by atomic mass is 10.1. The zero-order valence-electron chi connectivity index (χ0n) is 10.4. The van der Waals surface area contributed by atoms with E-state index in [0.717, 1.165) is 0 Å². The zero-order valence-corrected chi connectivity index (χ0v) is 10.4. The lowest BCUT2D eigenvalue weighted by molar-refractivity contribution is -0.119. The van der Waals surface area contributed by atoms with Crippen molar-refractivity contribution in [3.05, 3.63) is 23.8 Å². The molecule has 0 fully saturated rings. The van der Waals surface area contributed by atoms with Crippen molar-refractivity contribution >= 4 is 5.69 Å². The summed E-state index contributed by atoms with van der Waals surface area (Å²) in [6.45, 7) is 1.11. The van der Waals surface area contributed by atoms with E-state index in [4.69, 9.17) is 10.5 Å². The number of halogens is 3. The van der Waals surface area contributed by atoms with E-state index in [1.165, 1.54) is 12.0 Å². The second kappa shape index (κ2) is 5.95. The molecule has 0 aliphatic heterocycles. The van der Waals surface area contributed by atoms with Gasteiger partial charge >= 0.3 is 6.18 Å². The maximum atomic E-state index is 12.5. The summed E-state index contributed by atoms with van der Waals surface area (Å²) in [5.74, 6) is 0.517. The molecule has 0 aliphatic rings. The number of benzene rings is 1. The SMILES string of the molecule is CCN(CC(F)(F)F)c1cc(OC)ccc1CN. The molecule has 0 atom stereocenters. The molecule has 2 N–H and O–H groups in total. The normalized spacial score (nSPS) is 11.4. The number of hydrogen-bond donors (Lipinski definition) is 1. The second-order valence-corrected chi connectivity index (χ2v) is 3.83. The predicted octanol–water partition coefficient (Wildman–Crippen LogP) is 2.54. The van der Waals surface area contributed by atoms with E-state index in [1.807, 2.05) is 0 Å². The quantitative estimate of drug-likeness (QED) is 0.886. The van der Waals surface area contributed by atoms with Crippen LogP contribution in [0.15, 0.2) is 18.2 Å². The fraction of sp³-hybridized carbons (Fsp3) is 0.500. The molecule has 0 saturated carbocycles. The van der Waals surface area contributed by atoms with E-state index in [-0.39, 0.29) is 13.1 Å². The average Bonchev–Trinajstić information content (AvgIpc) is 2.34. The van der Waals surface area contributed by atoms with Crippen LogP contribution in [0.4, 0.5) is 18.9 Å². The van der Waals surface area contributed by atoms with Crippen LogP contribution in [0.5, 0.6) is 5.75 Å². The molecular weight excluding hydrogens is 245 g/mol. The molecule has 0 bridgehead atoms. The molecule has 0 aliphatic carbocycles. The van der Waals surface area contributed by atoms with Crippen molar-refractivity contribution in [1.29, 1.82) is 0 Å². The van der Waals surface area contributed by atoms with Gasteiger partial charge in [-0.15, -0.1) is 0 Å². The highest BCUT2D eigenvalue weighted by Crippen LogP contribution is 2.28. The van der Waals surface area contributed by atoms with Crippen molar-refractivity contribution < 1.29 is 17.9 Å². The Hall–Kier alpha value is -1.43. The van der Waals surface area contributed by atoms with Crippen molar-refractivity contribution in [3.63, 3.8) is 0 Å². The lowest BCUT2D eigenvalue weighted by Gasteiger charge is -2.27. The third-order valence-corrected chi connectivity index (χ3v) is 2.60. The molecule has 0 unspecified atom stereocenters. The highest BCUT2D eigenvalue weighted by Gasteiger charge is 2.31. The Morgan fingerprint density at radius 2 is 2.00 bits per heavy atom. The van der Waals surface area contributed by atoms with E-state index in [9.17, 15) is 13.2 Å². The number of ether oxygens (including phenoxy) is 1. The van der Waals surface area contributed by atoms with Gasteiger partial charge in [-0.2, -0.15) is 13.2 Å². The predicted molar refractivity (Wildman–Crippen MR) is 64.8 cm³/mol. The summed E-state index contributed by atoms with van der Waals surface area (Å²) in [7, 11) is 1.47. The number of alkyl halides is 3. The molecule has 0 aromatic heterocycles. The molecule has 18 heavy (non-hydrogen) atoms. The van der Waals surface area contributed by atoms with Crippen LogP contribution >= 0.6 is 0 Å². The zero-order chi connectivity index (χ0) is 13.8. The Balaban J connectivity index is 3.09. The summed E-state index contributed by atoms with van der Waals surface area (Å²) in [5, 5.41) is 0. The Morgan fingerprint density at radius 3 is 2.44 bits per heavy atom. The van der Waals surface area contributed by atoms with Crippen LogP contribution in [0.1, 0.15) is 12.5 Å². The Morgan fingerprint density at radius 1 is 1.33 bits per heavy atom. The largest absolute Gasteiger partial charge is 0.497 e. The van der Waals surface area contributed by atoms with Crippen molar-refractivity contribution in [1.82, 2.24) is 0 Å². The number of rotatable bonds is 5. The molecule has 3 nitrogen and oxygen atoms in total. The molecule has 102 valence electrons. The average molecular weight is 262 g/mol. The van der Waals surface area contributed by atoms with Gasteiger partial charge in [0.1, 0.15) is 12.3 Å². The van der Waals surface area contributed by atoms with Crippen LogP contribution in [-0.2, 0) is 6.54 Å². The number of hydrogen-bond acceptors (Lipinski definition) is 3. The topological polar surface area (TPSA) is 38.5 Å². The van der Waals surface area contributed by atoms with Gasteiger partial charge in [-0.05, 0) is 18.6 Å². The monoisotopic (exact) mass is 262 g/mol. The molecule has 1 rings (SSSR count). The minimum absolute atomic E-state index is 0.188. The van der Waals surface area contributed by atoms with E-state index >= 15 is 0 Å². The molecule has 6 heteroatoms. The van der Waals surface area contributed by atoms with Gasteiger partial charge in [-0.25, -0.2) is 0 Å². The van der Waals surface area contributed by atoms with E-state index in [1.54, 1.807) is 25.1 Å². The van der Waals surface area contributed by atoms with Crippen molar-refractivity contribution in [2.75, 3.05) is 25.1 Å². The van der Waals surface area contributed by atoms with Gasteiger partial charge in [0.05, 0.1) is 7.11 Å². The summed E-state index contributed by atoms with van der Waals surface area (Å²) >= 11 is 0. The maximum Gasteiger partial charge on any atom is 0.405 e. The fourth-order valence-electron chi connectivity index (χ4n) is 1.72. The van der Waals surface area contributed by atoms with Gasteiger partial charge in [-0.1, -0.05) is 6.07 Å². The third-order valence-electron chi connectivity index (χ3n) is 2.60. The fourth-order valence-corrected chi connectivity index (χ4v) is 1.72. The highest BCUT2D eigenvalue weighted by molar-refractivity contribution is 5.57. The summed E-state index contributed by atoms with van der Waals surface area (Å²) in [5.41, 5.74) is 6.69. The molecule has 0 heterocycles. The highest BCUT2D eigenvalue weighted by atomic mass is 19.4. The van der Waals surface area contributed by atoms with Crippen molar-refractivity contribution in [2.45, 2.75) is 19.6 Å². The lowest BCUT2D eigenvalue weighted by Crippen LogP contribution is -2.34. The Labute approximate surface area is 104 Å². The van der Waals surface area contributed by atoms with Crippen LogP contribution < -0.4 is 15.4 Å². The van der Waals surface area contributed by atoms with Crippen LogP contribution in [0.2, 0.25) is 0 Å². The van der Waals surface area contributed by atoms with E-state index in [2.05, 4.69) is 0 Å². The molecule has 0 saturated heterocycles. The van der Waals surface area contributed by atoms with Crippen LogP contribution in [0, 0.1) is 0 Å². The number of anilines is 1. The summed E-state index contributed by atoms with van der Waals surface area (Å²) < 4.78 is 42.5. The molecule has 0 amide bonds. The molecule has 1 aromatic carbocycles. The molecular formula is C12H17F3N2O. The summed E-state index contributed by atoms with van der Waals surface area (Å²) in [4.78, 5) is 1.24. The number of methoxy groups -OCH3 is 1. The van der Waals surface area contributed by atoms with Crippen molar-refractivity contribution in [3.8, 4) is 5.75 Å². The smallest absolute Gasteiger partial charge is 0.405 e. The first-order valence-corrected chi connectivity index (χ1v) is 5.60. The Kier molecular flexibility index (Phi) is 4.84. The number of nitrogens with zero attached hydrogens (tertiary/aromatic N) is 1. The van der Waals surface area contributed by atoms with Gasteiger partial charge in [0.15, 0.2) is 0 Å². The minimum Gasteiger partial charge on any atom is -0.497 e. The number of nitrogens with two attached hydrogens (primary N) is 1. The molecule has 1 aromatic rings. The first-order chi connectivity index (χ1) is 8.41. The van der Waals surface area contributed by atoms with Gasteiger partial charge in [0.2, 0.25) is 0 Å². The second-order valence-electron chi connectivity index (χ2n) is 3.83.